The first-order valence-corrected chi connectivity index (χ1v) is 6.13. The molecule has 0 aliphatic heterocycles. The predicted molar refractivity (Wildman–Crippen MR) is 70.6 cm³/mol. The van der Waals surface area contributed by atoms with Gasteiger partial charge in [0.15, 0.2) is 0 Å². The molecule has 0 saturated heterocycles. The molecule has 0 saturated carbocycles. The Balaban J connectivity index is 2.01. The first kappa shape index (κ1) is 11.5. The van der Waals surface area contributed by atoms with E-state index < -0.39 is 0 Å². The molecule has 0 fully saturated rings. The van der Waals surface area contributed by atoms with Crippen LogP contribution < -0.4 is 5.43 Å². The van der Waals surface area contributed by atoms with Gasteiger partial charge in [-0.2, -0.15) is 16.4 Å². The van der Waals surface area contributed by atoms with Crippen molar-refractivity contribution >= 4 is 23.5 Å². The maximum atomic E-state index is 11.8. The molecule has 0 spiro atoms. The lowest BCUT2D eigenvalue weighted by molar-refractivity contribution is 0.0954. The molecule has 1 heterocycles. The zero-order valence-electron chi connectivity index (χ0n) is 9.38. The SMILES string of the molecule is Cc1ccccc1C(=O)N/N=C\c1ccsc1. The van der Waals surface area contributed by atoms with E-state index in [-0.39, 0.29) is 5.91 Å². The van der Waals surface area contributed by atoms with Crippen molar-refractivity contribution < 1.29 is 4.79 Å². The van der Waals surface area contributed by atoms with Crippen LogP contribution in [0.2, 0.25) is 0 Å². The van der Waals surface area contributed by atoms with Crippen LogP contribution in [-0.2, 0) is 0 Å². The van der Waals surface area contributed by atoms with Crippen LogP contribution in [0, 0.1) is 6.92 Å². The Kier molecular flexibility index (Phi) is 3.67. The number of carbonyl (C=O) groups excluding carboxylic acids is 1. The highest BCUT2D eigenvalue weighted by molar-refractivity contribution is 7.08. The van der Waals surface area contributed by atoms with E-state index in [0.29, 0.717) is 5.56 Å². The standard InChI is InChI=1S/C13H12N2OS/c1-10-4-2-3-5-12(10)13(16)15-14-8-11-6-7-17-9-11/h2-9H,1H3,(H,15,16)/b14-8-. The van der Waals surface area contributed by atoms with E-state index in [1.54, 1.807) is 23.6 Å². The summed E-state index contributed by atoms with van der Waals surface area (Å²) in [5.74, 6) is -0.186. The first-order chi connectivity index (χ1) is 8.27. The van der Waals surface area contributed by atoms with Gasteiger partial charge in [-0.05, 0) is 35.4 Å². The van der Waals surface area contributed by atoms with Crippen LogP contribution >= 0.6 is 11.3 Å². The molecular weight excluding hydrogens is 232 g/mol. The van der Waals surface area contributed by atoms with E-state index in [4.69, 9.17) is 0 Å². The molecule has 1 N–H and O–H groups in total. The molecule has 1 aromatic carbocycles. The van der Waals surface area contributed by atoms with Gasteiger partial charge in [0, 0.05) is 11.1 Å². The third kappa shape index (κ3) is 3.01. The number of nitrogens with one attached hydrogen (secondary N) is 1. The Morgan fingerprint density at radius 1 is 1.35 bits per heavy atom. The second kappa shape index (κ2) is 5.41. The molecule has 0 atom stereocenters. The zero-order valence-corrected chi connectivity index (χ0v) is 10.2. The predicted octanol–water partition coefficient (Wildman–Crippen LogP) is 2.82. The molecular formula is C13H12N2OS. The number of rotatable bonds is 3. The van der Waals surface area contributed by atoms with Gasteiger partial charge in [-0.15, -0.1) is 0 Å². The maximum absolute atomic E-state index is 11.8. The molecule has 1 aromatic heterocycles. The zero-order chi connectivity index (χ0) is 12.1. The lowest BCUT2D eigenvalue weighted by Crippen LogP contribution is -2.18. The Bertz CT molecular complexity index is 532. The van der Waals surface area contributed by atoms with Crippen molar-refractivity contribution in [3.8, 4) is 0 Å². The average molecular weight is 244 g/mol. The lowest BCUT2D eigenvalue weighted by Gasteiger charge is -2.02. The molecule has 2 rings (SSSR count). The Morgan fingerprint density at radius 3 is 2.88 bits per heavy atom. The normalized spacial score (nSPS) is 10.6. The van der Waals surface area contributed by atoms with E-state index in [9.17, 15) is 4.79 Å². The summed E-state index contributed by atoms with van der Waals surface area (Å²) < 4.78 is 0. The number of benzene rings is 1. The van der Waals surface area contributed by atoms with E-state index in [2.05, 4.69) is 10.5 Å². The summed E-state index contributed by atoms with van der Waals surface area (Å²) in [6.45, 7) is 1.90. The lowest BCUT2D eigenvalue weighted by atomic mass is 10.1. The number of nitrogens with zero attached hydrogens (tertiary/aromatic N) is 1. The number of hydrogen-bond donors (Lipinski definition) is 1. The van der Waals surface area contributed by atoms with Crippen LogP contribution in [0.25, 0.3) is 0 Å². The van der Waals surface area contributed by atoms with Crippen molar-refractivity contribution in [3.05, 3.63) is 57.8 Å². The summed E-state index contributed by atoms with van der Waals surface area (Å²) >= 11 is 1.59. The molecule has 3 nitrogen and oxygen atoms in total. The van der Waals surface area contributed by atoms with Crippen molar-refractivity contribution in [3.63, 3.8) is 0 Å². The molecule has 4 heteroatoms. The number of hydrazone groups is 1. The van der Waals surface area contributed by atoms with Crippen molar-refractivity contribution in [1.29, 1.82) is 0 Å². The number of amides is 1. The van der Waals surface area contributed by atoms with E-state index in [0.717, 1.165) is 11.1 Å². The fraction of sp³-hybridized carbons (Fsp3) is 0.0769. The van der Waals surface area contributed by atoms with Crippen LogP contribution in [0.15, 0.2) is 46.2 Å². The van der Waals surface area contributed by atoms with E-state index >= 15 is 0 Å². The summed E-state index contributed by atoms with van der Waals surface area (Å²) in [6, 6.07) is 9.36. The maximum Gasteiger partial charge on any atom is 0.271 e. The fourth-order valence-electron chi connectivity index (χ4n) is 1.40. The molecule has 0 bridgehead atoms. The molecule has 17 heavy (non-hydrogen) atoms. The van der Waals surface area contributed by atoms with Gasteiger partial charge in [0.25, 0.3) is 5.91 Å². The van der Waals surface area contributed by atoms with Crippen LogP contribution in [0.4, 0.5) is 0 Å². The fourth-order valence-corrected chi connectivity index (χ4v) is 2.01. The molecule has 0 radical (unpaired) electrons. The summed E-state index contributed by atoms with van der Waals surface area (Å²) in [4.78, 5) is 11.8. The van der Waals surface area contributed by atoms with Crippen molar-refractivity contribution in [2.24, 2.45) is 5.10 Å². The second-order valence-electron chi connectivity index (χ2n) is 3.57. The molecule has 2 aromatic rings. The molecule has 0 unspecified atom stereocenters. The van der Waals surface area contributed by atoms with Gasteiger partial charge in [-0.1, -0.05) is 18.2 Å². The highest BCUT2D eigenvalue weighted by Crippen LogP contribution is 2.06. The molecule has 1 amide bonds. The minimum Gasteiger partial charge on any atom is -0.267 e. The number of carbonyl (C=O) groups is 1. The van der Waals surface area contributed by atoms with Crippen LogP contribution in [0.1, 0.15) is 21.5 Å². The molecule has 0 aliphatic rings. The summed E-state index contributed by atoms with van der Waals surface area (Å²) in [7, 11) is 0. The Hall–Kier alpha value is -1.94. The quantitative estimate of drug-likeness (QED) is 0.654. The third-order valence-electron chi connectivity index (χ3n) is 2.31. The van der Waals surface area contributed by atoms with Gasteiger partial charge in [0.2, 0.25) is 0 Å². The minimum atomic E-state index is -0.186. The van der Waals surface area contributed by atoms with Gasteiger partial charge in [-0.25, -0.2) is 5.43 Å². The molecule has 86 valence electrons. The van der Waals surface area contributed by atoms with Gasteiger partial charge < -0.3 is 0 Å². The number of hydrogen-bond acceptors (Lipinski definition) is 3. The summed E-state index contributed by atoms with van der Waals surface area (Å²) in [5, 5.41) is 7.84. The summed E-state index contributed by atoms with van der Waals surface area (Å²) in [5.41, 5.74) is 5.09. The van der Waals surface area contributed by atoms with Gasteiger partial charge in [0.05, 0.1) is 6.21 Å². The van der Waals surface area contributed by atoms with Crippen molar-refractivity contribution in [2.45, 2.75) is 6.92 Å². The number of aryl methyl sites for hydroxylation is 1. The third-order valence-corrected chi connectivity index (χ3v) is 3.01. The molecule has 0 aliphatic carbocycles. The topological polar surface area (TPSA) is 41.5 Å². The van der Waals surface area contributed by atoms with Crippen molar-refractivity contribution in [1.82, 2.24) is 5.43 Å². The highest BCUT2D eigenvalue weighted by Gasteiger charge is 2.05. The van der Waals surface area contributed by atoms with E-state index in [1.807, 2.05) is 41.9 Å². The highest BCUT2D eigenvalue weighted by atomic mass is 32.1. The second-order valence-corrected chi connectivity index (χ2v) is 4.35. The largest absolute Gasteiger partial charge is 0.271 e. The van der Waals surface area contributed by atoms with Crippen LogP contribution in [-0.4, -0.2) is 12.1 Å². The summed E-state index contributed by atoms with van der Waals surface area (Å²) in [6.07, 6.45) is 1.63. The van der Waals surface area contributed by atoms with Crippen molar-refractivity contribution in [2.75, 3.05) is 0 Å². The monoisotopic (exact) mass is 244 g/mol. The van der Waals surface area contributed by atoms with Gasteiger partial charge in [-0.3, -0.25) is 4.79 Å². The Labute approximate surface area is 104 Å². The number of thiophene rings is 1. The smallest absolute Gasteiger partial charge is 0.267 e. The van der Waals surface area contributed by atoms with Gasteiger partial charge >= 0.3 is 0 Å². The van der Waals surface area contributed by atoms with Crippen LogP contribution in [0.3, 0.4) is 0 Å². The van der Waals surface area contributed by atoms with Crippen LogP contribution in [0.5, 0.6) is 0 Å². The van der Waals surface area contributed by atoms with Gasteiger partial charge in [0.1, 0.15) is 0 Å². The minimum absolute atomic E-state index is 0.186. The first-order valence-electron chi connectivity index (χ1n) is 5.18. The Morgan fingerprint density at radius 2 is 2.18 bits per heavy atom. The van der Waals surface area contributed by atoms with E-state index in [1.165, 1.54) is 0 Å². The average Bonchev–Trinajstić information content (AvgIpc) is 2.82.